The fourth-order valence-corrected chi connectivity index (χ4v) is 3.91. The highest BCUT2D eigenvalue weighted by Gasteiger charge is 2.23. The number of hydrogen-bond donors (Lipinski definition) is 2. The number of aromatic nitrogens is 1. The topological polar surface area (TPSA) is 52.6 Å². The van der Waals surface area contributed by atoms with E-state index in [1.807, 2.05) is 24.4 Å². The molecule has 2 N–H and O–H groups in total. The number of aliphatic imine (C=N–C) groups is 1. The summed E-state index contributed by atoms with van der Waals surface area (Å²) < 4.78 is 0. The molecule has 8 heteroatoms. The van der Waals surface area contributed by atoms with Crippen LogP contribution in [0.3, 0.4) is 0 Å². The number of rotatable bonds is 5. The van der Waals surface area contributed by atoms with Gasteiger partial charge < -0.3 is 15.5 Å². The van der Waals surface area contributed by atoms with Crippen molar-refractivity contribution in [1.82, 2.24) is 15.6 Å². The molecule has 5 nitrogen and oxygen atoms in total. The molecule has 26 heavy (non-hydrogen) atoms. The van der Waals surface area contributed by atoms with E-state index in [0.717, 1.165) is 41.9 Å². The summed E-state index contributed by atoms with van der Waals surface area (Å²) in [5, 5.41) is 8.74. The maximum Gasteiger partial charge on any atom is 0.191 e. The van der Waals surface area contributed by atoms with Gasteiger partial charge in [0.15, 0.2) is 5.96 Å². The second kappa shape index (κ2) is 10.3. The van der Waals surface area contributed by atoms with Gasteiger partial charge in [-0.1, -0.05) is 24.6 Å². The Morgan fingerprint density at radius 1 is 1.46 bits per heavy atom. The normalized spacial score (nSPS) is 17.1. The number of nitrogens with zero attached hydrogens (tertiary/aromatic N) is 3. The molecule has 1 aromatic carbocycles. The number of nitrogens with one attached hydrogen (secondary N) is 2. The van der Waals surface area contributed by atoms with Crippen molar-refractivity contribution in [2.75, 3.05) is 25.0 Å². The van der Waals surface area contributed by atoms with Crippen LogP contribution in [0.4, 0.5) is 5.69 Å². The fraction of sp³-hybridized carbons (Fsp3) is 0.444. The SMILES string of the molecule is CCc1cnc(CNC(=NC)NC2CCN(c3cccc(Cl)c3)C2)s1.I. The highest BCUT2D eigenvalue weighted by Crippen LogP contribution is 2.23. The van der Waals surface area contributed by atoms with Gasteiger partial charge >= 0.3 is 0 Å². The number of thiazole rings is 1. The zero-order chi connectivity index (χ0) is 17.6. The first-order valence-corrected chi connectivity index (χ1v) is 9.78. The van der Waals surface area contributed by atoms with Crippen LogP contribution in [0.2, 0.25) is 5.02 Å². The predicted octanol–water partition coefficient (Wildman–Crippen LogP) is 3.92. The monoisotopic (exact) mass is 505 g/mol. The molecule has 0 spiro atoms. The van der Waals surface area contributed by atoms with E-state index in [2.05, 4.69) is 38.5 Å². The average molecular weight is 506 g/mol. The van der Waals surface area contributed by atoms with E-state index in [0.29, 0.717) is 12.6 Å². The van der Waals surface area contributed by atoms with Crippen LogP contribution in [0.15, 0.2) is 35.5 Å². The van der Waals surface area contributed by atoms with Crippen LogP contribution in [0.1, 0.15) is 23.2 Å². The van der Waals surface area contributed by atoms with E-state index in [4.69, 9.17) is 11.6 Å². The van der Waals surface area contributed by atoms with Crippen molar-refractivity contribution in [3.63, 3.8) is 0 Å². The Balaban J connectivity index is 0.00000243. The van der Waals surface area contributed by atoms with Crippen LogP contribution >= 0.6 is 46.9 Å². The van der Waals surface area contributed by atoms with Gasteiger partial charge in [-0.2, -0.15) is 0 Å². The molecule has 0 aliphatic carbocycles. The molecule has 1 fully saturated rings. The summed E-state index contributed by atoms with van der Waals surface area (Å²) in [7, 11) is 1.80. The van der Waals surface area contributed by atoms with Crippen molar-refractivity contribution in [1.29, 1.82) is 0 Å². The fourth-order valence-electron chi connectivity index (χ4n) is 2.93. The molecule has 1 aliphatic heterocycles. The minimum absolute atomic E-state index is 0. The smallest absolute Gasteiger partial charge is 0.191 e. The molecule has 1 atom stereocenters. The summed E-state index contributed by atoms with van der Waals surface area (Å²) in [6.07, 6.45) is 4.06. The van der Waals surface area contributed by atoms with Gasteiger partial charge in [0, 0.05) is 48.0 Å². The van der Waals surface area contributed by atoms with Gasteiger partial charge in [0.05, 0.1) is 6.54 Å². The Morgan fingerprint density at radius 2 is 2.31 bits per heavy atom. The number of aryl methyl sites for hydroxylation is 1. The van der Waals surface area contributed by atoms with E-state index in [9.17, 15) is 0 Å². The maximum atomic E-state index is 6.10. The minimum atomic E-state index is 0. The molecule has 0 bridgehead atoms. The largest absolute Gasteiger partial charge is 0.369 e. The maximum absolute atomic E-state index is 6.10. The summed E-state index contributed by atoms with van der Waals surface area (Å²) >= 11 is 7.85. The average Bonchev–Trinajstić information content (AvgIpc) is 3.28. The van der Waals surface area contributed by atoms with E-state index >= 15 is 0 Å². The lowest BCUT2D eigenvalue weighted by atomic mass is 10.3. The molecule has 0 amide bonds. The number of halogens is 2. The van der Waals surface area contributed by atoms with Crippen LogP contribution in [0.25, 0.3) is 0 Å². The number of guanidine groups is 1. The standard InChI is InChI=1S/C18H24ClN5S.HI/c1-3-16-10-21-17(25-16)11-22-18(20-2)23-14-7-8-24(12-14)15-6-4-5-13(19)9-15;/h4-6,9-10,14H,3,7-8,11-12H2,1-2H3,(H2,20,22,23);1H. The summed E-state index contributed by atoms with van der Waals surface area (Å²) in [6, 6.07) is 8.40. The summed E-state index contributed by atoms with van der Waals surface area (Å²) in [6.45, 7) is 4.81. The van der Waals surface area contributed by atoms with Gasteiger partial charge in [-0.15, -0.1) is 35.3 Å². The quantitative estimate of drug-likeness (QED) is 0.367. The van der Waals surface area contributed by atoms with Crippen molar-refractivity contribution in [2.24, 2.45) is 4.99 Å². The van der Waals surface area contributed by atoms with Crippen molar-refractivity contribution in [3.05, 3.63) is 45.4 Å². The van der Waals surface area contributed by atoms with Gasteiger partial charge in [0.25, 0.3) is 0 Å². The van der Waals surface area contributed by atoms with Crippen molar-refractivity contribution >= 4 is 58.6 Å². The first kappa shape index (κ1) is 21.2. The highest BCUT2D eigenvalue weighted by atomic mass is 127. The van der Waals surface area contributed by atoms with Gasteiger partial charge in [0.2, 0.25) is 0 Å². The molecule has 0 saturated carbocycles. The van der Waals surface area contributed by atoms with Crippen LogP contribution in [0.5, 0.6) is 0 Å². The van der Waals surface area contributed by atoms with Crippen LogP contribution in [0, 0.1) is 0 Å². The molecule has 142 valence electrons. The number of anilines is 1. The Labute approximate surface area is 181 Å². The Kier molecular flexibility index (Phi) is 8.43. The molecule has 1 saturated heterocycles. The van der Waals surface area contributed by atoms with Gasteiger partial charge in [-0.25, -0.2) is 4.98 Å². The molecule has 2 heterocycles. The molecule has 1 aromatic heterocycles. The van der Waals surface area contributed by atoms with Crippen LogP contribution in [-0.4, -0.2) is 37.1 Å². The lowest BCUT2D eigenvalue weighted by Gasteiger charge is -2.20. The molecular weight excluding hydrogens is 481 g/mol. The second-order valence-electron chi connectivity index (χ2n) is 6.06. The first-order valence-electron chi connectivity index (χ1n) is 8.59. The second-order valence-corrected chi connectivity index (χ2v) is 7.69. The van der Waals surface area contributed by atoms with E-state index in [1.54, 1.807) is 18.4 Å². The molecule has 1 aliphatic rings. The van der Waals surface area contributed by atoms with Crippen LogP contribution in [-0.2, 0) is 13.0 Å². The van der Waals surface area contributed by atoms with Crippen molar-refractivity contribution in [3.8, 4) is 0 Å². The number of hydrogen-bond acceptors (Lipinski definition) is 4. The molecule has 3 rings (SSSR count). The summed E-state index contributed by atoms with van der Waals surface area (Å²) in [4.78, 5) is 12.4. The van der Waals surface area contributed by atoms with Crippen molar-refractivity contribution < 1.29 is 0 Å². The summed E-state index contributed by atoms with van der Waals surface area (Å²) in [5.41, 5.74) is 1.18. The Morgan fingerprint density at radius 3 is 3.00 bits per heavy atom. The van der Waals surface area contributed by atoms with E-state index < -0.39 is 0 Å². The zero-order valence-electron chi connectivity index (χ0n) is 15.0. The van der Waals surface area contributed by atoms with Crippen molar-refractivity contribution in [2.45, 2.75) is 32.4 Å². The van der Waals surface area contributed by atoms with E-state index in [-0.39, 0.29) is 24.0 Å². The van der Waals surface area contributed by atoms with Gasteiger partial charge in [-0.3, -0.25) is 4.99 Å². The van der Waals surface area contributed by atoms with E-state index in [1.165, 1.54) is 10.6 Å². The van der Waals surface area contributed by atoms with Gasteiger partial charge in [0.1, 0.15) is 5.01 Å². The van der Waals surface area contributed by atoms with Crippen LogP contribution < -0.4 is 15.5 Å². The Hall–Kier alpha value is -1.06. The molecule has 1 unspecified atom stereocenters. The third-order valence-electron chi connectivity index (χ3n) is 4.28. The lowest BCUT2D eigenvalue weighted by Crippen LogP contribution is -2.44. The van der Waals surface area contributed by atoms with Gasteiger partial charge in [-0.05, 0) is 31.0 Å². The molecule has 0 radical (unpaired) electrons. The highest BCUT2D eigenvalue weighted by molar-refractivity contribution is 14.0. The summed E-state index contributed by atoms with van der Waals surface area (Å²) in [5.74, 6) is 0.825. The third kappa shape index (κ3) is 5.72. The third-order valence-corrected chi connectivity index (χ3v) is 5.66. The predicted molar refractivity (Wildman–Crippen MR) is 122 cm³/mol. The lowest BCUT2D eigenvalue weighted by molar-refractivity contribution is 0.648. The number of benzene rings is 1. The minimum Gasteiger partial charge on any atom is -0.369 e. The molecule has 2 aromatic rings. The molecular formula is C18H25ClIN5S. The zero-order valence-corrected chi connectivity index (χ0v) is 18.9. The first-order chi connectivity index (χ1) is 12.2. The Bertz CT molecular complexity index is 736.